The number of hydrogen-bond donors (Lipinski definition) is 2. The third-order valence-corrected chi connectivity index (χ3v) is 5.99. The minimum absolute atomic E-state index is 0.0370. The van der Waals surface area contributed by atoms with Crippen LogP contribution in [-0.2, 0) is 16.0 Å². The Morgan fingerprint density at radius 3 is 2.76 bits per heavy atom. The van der Waals surface area contributed by atoms with Crippen molar-refractivity contribution >= 4 is 35.0 Å². The number of hydrogen-bond acceptors (Lipinski definition) is 6. The number of nitrogens with one attached hydrogen (secondary N) is 2. The van der Waals surface area contributed by atoms with E-state index in [1.165, 1.54) is 4.52 Å². The molecule has 0 aliphatic carbocycles. The lowest BCUT2D eigenvalue weighted by atomic mass is 9.96. The second kappa shape index (κ2) is 10.4. The highest BCUT2D eigenvalue weighted by Crippen LogP contribution is 2.20. The van der Waals surface area contributed by atoms with Gasteiger partial charge >= 0.3 is 0 Å². The van der Waals surface area contributed by atoms with E-state index in [0.29, 0.717) is 29.3 Å². The van der Waals surface area contributed by atoms with Gasteiger partial charge in [0.15, 0.2) is 5.65 Å². The summed E-state index contributed by atoms with van der Waals surface area (Å²) in [7, 11) is 0. The van der Waals surface area contributed by atoms with Gasteiger partial charge in [-0.05, 0) is 47.0 Å². The van der Waals surface area contributed by atoms with Crippen LogP contribution >= 0.6 is 11.6 Å². The van der Waals surface area contributed by atoms with Crippen molar-refractivity contribution in [2.75, 3.05) is 26.2 Å². The van der Waals surface area contributed by atoms with Crippen LogP contribution in [0.25, 0.3) is 5.65 Å². The van der Waals surface area contributed by atoms with Crippen molar-refractivity contribution in [3.63, 3.8) is 0 Å². The number of tetrazole rings is 1. The van der Waals surface area contributed by atoms with Crippen molar-refractivity contribution in [2.24, 2.45) is 5.92 Å². The zero-order chi connectivity index (χ0) is 23.2. The summed E-state index contributed by atoms with van der Waals surface area (Å²) in [5, 5.41) is 17.3. The summed E-state index contributed by atoms with van der Waals surface area (Å²) >= 11 is 6.17. The molecule has 1 aliphatic rings. The molecule has 2 N–H and O–H groups in total. The van der Waals surface area contributed by atoms with E-state index in [-0.39, 0.29) is 43.1 Å². The highest BCUT2D eigenvalue weighted by atomic mass is 35.5. The van der Waals surface area contributed by atoms with E-state index in [0.717, 1.165) is 18.4 Å². The predicted molar refractivity (Wildman–Crippen MR) is 121 cm³/mol. The molecule has 0 spiro atoms. The number of pyridine rings is 1. The summed E-state index contributed by atoms with van der Waals surface area (Å²) in [5.74, 6) is -0.757. The van der Waals surface area contributed by atoms with Gasteiger partial charge in [-0.25, -0.2) is 0 Å². The molecule has 0 bridgehead atoms. The van der Waals surface area contributed by atoms with Crippen LogP contribution in [0, 0.1) is 5.92 Å². The fourth-order valence-electron chi connectivity index (χ4n) is 3.88. The maximum absolute atomic E-state index is 12.7. The predicted octanol–water partition coefficient (Wildman–Crippen LogP) is 1.10. The summed E-state index contributed by atoms with van der Waals surface area (Å²) in [6.07, 6.45) is 3.35. The van der Waals surface area contributed by atoms with E-state index < -0.39 is 0 Å². The smallest absolute Gasteiger partial charge is 0.255 e. The van der Waals surface area contributed by atoms with Crippen molar-refractivity contribution in [2.45, 2.75) is 19.3 Å². The van der Waals surface area contributed by atoms with Crippen LogP contribution in [0.5, 0.6) is 0 Å². The van der Waals surface area contributed by atoms with Gasteiger partial charge in [0.25, 0.3) is 5.91 Å². The molecular formula is C22H24ClN7O3. The monoisotopic (exact) mass is 469 g/mol. The summed E-state index contributed by atoms with van der Waals surface area (Å²) in [6, 6.07) is 10.6. The van der Waals surface area contributed by atoms with Crippen LogP contribution in [0.15, 0.2) is 42.6 Å². The lowest BCUT2D eigenvalue weighted by molar-refractivity contribution is -0.135. The number of halogens is 1. The molecule has 1 atom stereocenters. The molecule has 3 aromatic rings. The molecule has 0 saturated carbocycles. The number of benzene rings is 1. The largest absolute Gasteiger partial charge is 0.354 e. The summed E-state index contributed by atoms with van der Waals surface area (Å²) in [6.45, 7) is 1.55. The number of carbonyl (C=O) groups excluding carboxylic acids is 3. The van der Waals surface area contributed by atoms with Gasteiger partial charge in [0.2, 0.25) is 11.8 Å². The Hall–Kier alpha value is -3.53. The number of amides is 3. The standard InChI is InChI=1S/C22H24ClN7O3/c23-18-8-2-1-5-15(18)13-19(31)29-11-3-6-16(14-29)21(32)24-9-10-25-22(33)17-7-4-12-30-20(17)26-27-28-30/h1-2,4-5,7-8,12,16H,3,6,9-11,13-14H2,(H,24,32)(H,25,33). The molecule has 10 nitrogen and oxygen atoms in total. The maximum atomic E-state index is 12.7. The van der Waals surface area contributed by atoms with Gasteiger partial charge in [-0.3, -0.25) is 14.4 Å². The highest BCUT2D eigenvalue weighted by Gasteiger charge is 2.28. The number of carbonyl (C=O) groups is 3. The molecular weight excluding hydrogens is 446 g/mol. The van der Waals surface area contributed by atoms with Crippen LogP contribution in [0.3, 0.4) is 0 Å². The van der Waals surface area contributed by atoms with Crippen molar-refractivity contribution in [3.05, 3.63) is 58.7 Å². The molecule has 3 amide bonds. The molecule has 4 rings (SSSR count). The van der Waals surface area contributed by atoms with Crippen LogP contribution in [0.4, 0.5) is 0 Å². The number of nitrogens with zero attached hydrogens (tertiary/aromatic N) is 5. The SMILES string of the molecule is O=C(NCCNC(=O)C1CCCN(C(=O)Cc2ccccc2Cl)C1)c1cccn2nnnc12. The minimum Gasteiger partial charge on any atom is -0.354 e. The van der Waals surface area contributed by atoms with Crippen molar-refractivity contribution < 1.29 is 14.4 Å². The van der Waals surface area contributed by atoms with Gasteiger partial charge in [-0.15, -0.1) is 5.10 Å². The molecule has 33 heavy (non-hydrogen) atoms. The first kappa shape index (κ1) is 22.7. The Morgan fingerprint density at radius 2 is 1.91 bits per heavy atom. The molecule has 172 valence electrons. The molecule has 3 heterocycles. The molecule has 1 aliphatic heterocycles. The van der Waals surface area contributed by atoms with Gasteiger partial charge in [0.1, 0.15) is 0 Å². The van der Waals surface area contributed by atoms with E-state index in [9.17, 15) is 14.4 Å². The number of fused-ring (bicyclic) bond motifs is 1. The van der Waals surface area contributed by atoms with Gasteiger partial charge in [-0.2, -0.15) is 4.52 Å². The Morgan fingerprint density at radius 1 is 1.09 bits per heavy atom. The Balaban J connectivity index is 1.23. The summed E-state index contributed by atoms with van der Waals surface area (Å²) < 4.78 is 1.42. The number of rotatable bonds is 7. The van der Waals surface area contributed by atoms with Gasteiger partial charge < -0.3 is 15.5 Å². The van der Waals surface area contributed by atoms with Crippen molar-refractivity contribution in [1.82, 2.24) is 35.6 Å². The Bertz CT molecular complexity index is 1170. The van der Waals surface area contributed by atoms with Gasteiger partial charge in [0, 0.05) is 37.4 Å². The maximum Gasteiger partial charge on any atom is 0.255 e. The average Bonchev–Trinajstić information content (AvgIpc) is 3.32. The first-order valence-electron chi connectivity index (χ1n) is 10.8. The van der Waals surface area contributed by atoms with Crippen molar-refractivity contribution in [1.29, 1.82) is 0 Å². The highest BCUT2D eigenvalue weighted by molar-refractivity contribution is 6.31. The van der Waals surface area contributed by atoms with Crippen LogP contribution in [0.1, 0.15) is 28.8 Å². The third-order valence-electron chi connectivity index (χ3n) is 5.62. The Labute approximate surface area is 195 Å². The van der Waals surface area contributed by atoms with E-state index in [4.69, 9.17) is 11.6 Å². The fourth-order valence-corrected chi connectivity index (χ4v) is 4.08. The van der Waals surface area contributed by atoms with Crippen molar-refractivity contribution in [3.8, 4) is 0 Å². The lowest BCUT2D eigenvalue weighted by Gasteiger charge is -2.32. The van der Waals surface area contributed by atoms with E-state index >= 15 is 0 Å². The first-order valence-corrected chi connectivity index (χ1v) is 11.1. The molecule has 1 saturated heterocycles. The van der Waals surface area contributed by atoms with Gasteiger partial charge in [-0.1, -0.05) is 29.8 Å². The number of aromatic nitrogens is 4. The molecule has 1 unspecified atom stereocenters. The zero-order valence-electron chi connectivity index (χ0n) is 17.9. The molecule has 1 aromatic carbocycles. The number of likely N-dealkylation sites (tertiary alicyclic amines) is 1. The average molecular weight is 470 g/mol. The topological polar surface area (TPSA) is 122 Å². The quantitative estimate of drug-likeness (QED) is 0.500. The zero-order valence-corrected chi connectivity index (χ0v) is 18.7. The van der Waals surface area contributed by atoms with E-state index in [1.54, 1.807) is 29.3 Å². The first-order chi connectivity index (χ1) is 16.0. The fraction of sp³-hybridized carbons (Fsp3) is 0.364. The minimum atomic E-state index is -0.321. The van der Waals surface area contributed by atoms with Gasteiger partial charge in [0.05, 0.1) is 17.9 Å². The molecule has 2 aromatic heterocycles. The lowest BCUT2D eigenvalue weighted by Crippen LogP contribution is -2.47. The Kier molecular flexibility index (Phi) is 7.13. The number of piperidine rings is 1. The molecule has 0 radical (unpaired) electrons. The molecule has 1 fully saturated rings. The van der Waals surface area contributed by atoms with Crippen LogP contribution in [0.2, 0.25) is 5.02 Å². The normalized spacial score (nSPS) is 15.9. The van der Waals surface area contributed by atoms with Crippen LogP contribution < -0.4 is 10.6 Å². The summed E-state index contributed by atoms with van der Waals surface area (Å²) in [5.41, 5.74) is 1.50. The van der Waals surface area contributed by atoms with E-state index in [2.05, 4.69) is 26.2 Å². The second-order valence-corrected chi connectivity index (χ2v) is 8.27. The molecule has 11 heteroatoms. The second-order valence-electron chi connectivity index (χ2n) is 7.86. The summed E-state index contributed by atoms with van der Waals surface area (Å²) in [4.78, 5) is 39.5. The van der Waals surface area contributed by atoms with Crippen LogP contribution in [-0.4, -0.2) is 68.8 Å². The third kappa shape index (κ3) is 5.46. The van der Waals surface area contributed by atoms with E-state index in [1.807, 2.05) is 18.2 Å².